The summed E-state index contributed by atoms with van der Waals surface area (Å²) in [7, 11) is 1.45. The normalized spacial score (nSPS) is 14.0. The molecule has 10 heteroatoms. The Morgan fingerprint density at radius 1 is 0.348 bits per heavy atom. The lowest BCUT2D eigenvalue weighted by atomic mass is 10.0. The van der Waals surface area contributed by atoms with E-state index in [1.165, 1.54) is 141 Å². The molecule has 0 radical (unpaired) electrons. The third-order valence-electron chi connectivity index (χ3n) is 15.5. The molecule has 0 spiro atoms. The lowest BCUT2D eigenvalue weighted by Crippen LogP contribution is -2.37. The van der Waals surface area contributed by atoms with Crippen LogP contribution >= 0.6 is 7.82 Å². The number of quaternary nitrogens is 1. The number of likely N-dealkylation sites (N-methyl/N-ethyl adjacent to an activating group) is 1. The molecule has 0 heterocycles. The summed E-state index contributed by atoms with van der Waals surface area (Å²) in [5.41, 5.74) is 0. The maximum absolute atomic E-state index is 12.9. The number of rotatable bonds is 67. The highest BCUT2D eigenvalue weighted by Crippen LogP contribution is 2.43. The largest absolute Gasteiger partial charge is 0.472 e. The molecule has 0 bridgehead atoms. The number of phosphoric ester groups is 1. The lowest BCUT2D eigenvalue weighted by molar-refractivity contribution is -0.870. The fourth-order valence-electron chi connectivity index (χ4n) is 9.88. The smallest absolute Gasteiger partial charge is 0.462 e. The number of hydrogen-bond donors (Lipinski definition) is 1. The monoisotopic (exact) mass is 1300 g/mol. The fourth-order valence-corrected chi connectivity index (χ4v) is 10.6. The summed E-state index contributed by atoms with van der Waals surface area (Å²) >= 11 is 0. The first-order valence-corrected chi connectivity index (χ1v) is 38.7. The van der Waals surface area contributed by atoms with Crippen molar-refractivity contribution in [1.82, 2.24) is 0 Å². The summed E-state index contributed by atoms with van der Waals surface area (Å²) in [6, 6.07) is 0. The van der Waals surface area contributed by atoms with Crippen molar-refractivity contribution in [3.63, 3.8) is 0 Å². The van der Waals surface area contributed by atoms with Gasteiger partial charge in [0.05, 0.1) is 27.7 Å². The Hall–Kier alpha value is -4.37. The van der Waals surface area contributed by atoms with Crippen molar-refractivity contribution in [3.8, 4) is 0 Å². The molecule has 0 aromatic carbocycles. The molecule has 1 N–H and O–H groups in total. The second-order valence-electron chi connectivity index (χ2n) is 25.6. The highest BCUT2D eigenvalue weighted by atomic mass is 31.2. The molecule has 0 saturated heterocycles. The molecule has 524 valence electrons. The summed E-state index contributed by atoms with van der Waals surface area (Å²) in [5.74, 6) is -0.829. The van der Waals surface area contributed by atoms with E-state index >= 15 is 0 Å². The van der Waals surface area contributed by atoms with Crippen molar-refractivity contribution in [3.05, 3.63) is 158 Å². The highest BCUT2D eigenvalue weighted by molar-refractivity contribution is 7.47. The fraction of sp³-hybridized carbons (Fsp3) is 0.659. The first kappa shape index (κ1) is 87.6. The van der Waals surface area contributed by atoms with E-state index in [0.717, 1.165) is 122 Å². The number of esters is 2. The molecule has 2 unspecified atom stereocenters. The zero-order chi connectivity index (χ0) is 66.9. The van der Waals surface area contributed by atoms with Crippen LogP contribution in [0.3, 0.4) is 0 Å². The van der Waals surface area contributed by atoms with Crippen LogP contribution in [0.15, 0.2) is 158 Å². The van der Waals surface area contributed by atoms with Gasteiger partial charge in [0.2, 0.25) is 0 Å². The SMILES string of the molecule is CC/C=C\C/C=C\C/C=C\C/C=C\C/C=C\C/C=C\C/C=C\C/C=C\C/C=C\C/C=C\CCCCCCC(=O)OC(COC(=O)CCCCCCCCCCCCCCCCCCCC/C=C\C/C=C\C/C=C\CCCCCCC)COP(=O)(O)OCC[N+](C)(C)C. The van der Waals surface area contributed by atoms with Crippen LogP contribution in [0.1, 0.15) is 296 Å². The third-order valence-corrected chi connectivity index (χ3v) is 16.5. The zero-order valence-electron chi connectivity index (χ0n) is 59.7. The van der Waals surface area contributed by atoms with Gasteiger partial charge in [0.1, 0.15) is 19.8 Å². The number of carbonyl (C=O) groups excluding carboxylic acids is 2. The summed E-state index contributed by atoms with van der Waals surface area (Å²) in [6.07, 6.45) is 106. The Bertz CT molecular complexity index is 2110. The van der Waals surface area contributed by atoms with Gasteiger partial charge in [-0.05, 0) is 128 Å². The number of carbonyl (C=O) groups is 2. The number of allylic oxidation sites excluding steroid dienone is 26. The topological polar surface area (TPSA) is 108 Å². The molecule has 2 atom stereocenters. The molecular formula is C82H139NO8P+. The summed E-state index contributed by atoms with van der Waals surface area (Å²) in [4.78, 5) is 35.9. The van der Waals surface area contributed by atoms with Gasteiger partial charge in [0, 0.05) is 12.8 Å². The molecule has 92 heavy (non-hydrogen) atoms. The Morgan fingerprint density at radius 2 is 0.620 bits per heavy atom. The van der Waals surface area contributed by atoms with Crippen molar-refractivity contribution in [2.45, 2.75) is 302 Å². The third kappa shape index (κ3) is 74.7. The molecule has 0 aliphatic heterocycles. The average Bonchev–Trinajstić information content (AvgIpc) is 2.14. The summed E-state index contributed by atoms with van der Waals surface area (Å²) < 4.78 is 34.7. The molecular weight excluding hydrogens is 1160 g/mol. The van der Waals surface area contributed by atoms with Crippen LogP contribution in [0, 0.1) is 0 Å². The van der Waals surface area contributed by atoms with E-state index in [1.54, 1.807) is 0 Å². The quantitative estimate of drug-likeness (QED) is 0.0211. The number of ether oxygens (including phenoxy) is 2. The van der Waals surface area contributed by atoms with Crippen molar-refractivity contribution in [2.75, 3.05) is 47.5 Å². The summed E-state index contributed by atoms with van der Waals surface area (Å²) in [5, 5.41) is 0. The van der Waals surface area contributed by atoms with Gasteiger partial charge in [-0.2, -0.15) is 0 Å². The van der Waals surface area contributed by atoms with E-state index in [1.807, 2.05) is 21.1 Å². The first-order valence-electron chi connectivity index (χ1n) is 37.2. The number of unbranched alkanes of at least 4 members (excludes halogenated alkanes) is 27. The average molecular weight is 1300 g/mol. The molecule has 0 amide bonds. The van der Waals surface area contributed by atoms with Gasteiger partial charge >= 0.3 is 19.8 Å². The van der Waals surface area contributed by atoms with E-state index in [-0.39, 0.29) is 32.0 Å². The van der Waals surface area contributed by atoms with E-state index in [0.29, 0.717) is 17.4 Å². The van der Waals surface area contributed by atoms with E-state index < -0.39 is 26.5 Å². The molecule has 0 aliphatic rings. The maximum atomic E-state index is 12.9. The number of nitrogens with zero attached hydrogens (tertiary/aromatic N) is 1. The van der Waals surface area contributed by atoms with Crippen LogP contribution in [0.5, 0.6) is 0 Å². The van der Waals surface area contributed by atoms with Gasteiger partial charge in [-0.1, -0.05) is 313 Å². The van der Waals surface area contributed by atoms with E-state index in [9.17, 15) is 19.0 Å². The minimum Gasteiger partial charge on any atom is -0.462 e. The van der Waals surface area contributed by atoms with Crippen LogP contribution in [0.2, 0.25) is 0 Å². The Kier molecular flexibility index (Phi) is 67.6. The van der Waals surface area contributed by atoms with Crippen LogP contribution < -0.4 is 0 Å². The molecule has 0 fully saturated rings. The van der Waals surface area contributed by atoms with E-state index in [4.69, 9.17) is 18.5 Å². The van der Waals surface area contributed by atoms with E-state index in [2.05, 4.69) is 172 Å². The van der Waals surface area contributed by atoms with Gasteiger partial charge in [-0.25, -0.2) is 4.57 Å². The highest BCUT2D eigenvalue weighted by Gasteiger charge is 2.27. The second kappa shape index (κ2) is 70.9. The predicted octanol–water partition coefficient (Wildman–Crippen LogP) is 24.7. The standard InChI is InChI=1S/C82H138NO8P/c1-6-8-10-12-14-16-18-20-22-24-26-28-30-32-34-36-38-40-41-43-45-47-49-51-53-55-57-59-61-63-65-67-69-71-73-75-82(85)91-80(79-90-92(86,87)89-77-76-83(3,4)5)78-88-81(84)74-72-70-68-66-64-62-60-58-56-54-52-50-48-46-44-42-39-37-35-33-31-29-27-25-23-21-19-17-15-13-11-9-7-2/h8,10,14,16,19-22,25-28,31-34,38,40,43,45,49,51,55,57,61,63,80H,6-7,9,11-13,15,17-18,23-24,29-30,35-37,39,41-42,44,46-48,50,52-54,56,58-60,62,64-79H2,1-5H3/p+1/b10-8-,16-14-,21-19-,22-20-,27-25-,28-26-,33-31-,34-32-,40-38-,45-43-,51-49-,57-55-,63-61-. The van der Waals surface area contributed by atoms with Gasteiger partial charge < -0.3 is 18.9 Å². The lowest BCUT2D eigenvalue weighted by Gasteiger charge is -2.24. The van der Waals surface area contributed by atoms with Crippen molar-refractivity contribution in [1.29, 1.82) is 0 Å². The van der Waals surface area contributed by atoms with Crippen molar-refractivity contribution in [2.24, 2.45) is 0 Å². The zero-order valence-corrected chi connectivity index (χ0v) is 60.6. The second-order valence-corrected chi connectivity index (χ2v) is 27.0. The predicted molar refractivity (Wildman–Crippen MR) is 399 cm³/mol. The molecule has 0 aromatic rings. The van der Waals surface area contributed by atoms with Crippen molar-refractivity contribution >= 4 is 19.8 Å². The molecule has 0 rings (SSSR count). The van der Waals surface area contributed by atoms with Crippen molar-refractivity contribution < 1.29 is 42.1 Å². The first-order chi connectivity index (χ1) is 45.0. The van der Waals surface area contributed by atoms with Crippen LogP contribution in [-0.2, 0) is 32.7 Å². The van der Waals surface area contributed by atoms with Crippen LogP contribution in [0.25, 0.3) is 0 Å². The number of phosphoric acid groups is 1. The molecule has 0 saturated carbocycles. The summed E-state index contributed by atoms with van der Waals surface area (Å²) in [6.45, 7) is 4.28. The maximum Gasteiger partial charge on any atom is 0.472 e. The Morgan fingerprint density at radius 3 is 0.924 bits per heavy atom. The van der Waals surface area contributed by atoms with Crippen LogP contribution in [-0.4, -0.2) is 74.9 Å². The molecule has 0 aliphatic carbocycles. The Balaban J connectivity index is 4.12. The van der Waals surface area contributed by atoms with Gasteiger partial charge in [0.25, 0.3) is 0 Å². The number of hydrogen-bond acceptors (Lipinski definition) is 7. The van der Waals surface area contributed by atoms with Gasteiger partial charge in [-0.15, -0.1) is 0 Å². The van der Waals surface area contributed by atoms with Gasteiger partial charge in [0.15, 0.2) is 6.10 Å². The van der Waals surface area contributed by atoms with Gasteiger partial charge in [-0.3, -0.25) is 18.6 Å². The minimum atomic E-state index is -4.41. The molecule has 9 nitrogen and oxygen atoms in total. The van der Waals surface area contributed by atoms with Crippen LogP contribution in [0.4, 0.5) is 0 Å². The Labute approximate surface area is 566 Å². The molecule has 0 aromatic heterocycles. The minimum absolute atomic E-state index is 0.0190.